The van der Waals surface area contributed by atoms with Crippen LogP contribution >= 0.6 is 11.6 Å². The maximum Gasteiger partial charge on any atom is 0.416 e. The molecule has 0 radical (unpaired) electrons. The molecule has 5 nitrogen and oxygen atoms in total. The van der Waals surface area contributed by atoms with Crippen molar-refractivity contribution in [3.63, 3.8) is 0 Å². The van der Waals surface area contributed by atoms with Gasteiger partial charge in [0, 0.05) is 12.3 Å². The molecule has 0 N–H and O–H groups in total. The molecule has 0 saturated carbocycles. The number of hydrogen-bond acceptors (Lipinski definition) is 4. The molecule has 3 rings (SSSR count). The molecule has 0 unspecified atom stereocenters. The van der Waals surface area contributed by atoms with Crippen molar-refractivity contribution in [2.24, 2.45) is 4.99 Å². The van der Waals surface area contributed by atoms with Gasteiger partial charge in [-0.1, -0.05) is 17.7 Å². The smallest absolute Gasteiger partial charge is 0.416 e. The van der Waals surface area contributed by atoms with Crippen LogP contribution < -0.4 is 4.74 Å². The van der Waals surface area contributed by atoms with E-state index in [2.05, 4.69) is 4.99 Å². The highest BCUT2D eigenvalue weighted by molar-refractivity contribution is 6.32. The van der Waals surface area contributed by atoms with Crippen LogP contribution in [0.4, 0.5) is 24.5 Å². The average molecular weight is 449 g/mol. The second-order valence-corrected chi connectivity index (χ2v) is 7.16. The van der Waals surface area contributed by atoms with Crippen LogP contribution in [0.1, 0.15) is 22.3 Å². The van der Waals surface area contributed by atoms with Gasteiger partial charge in [0.05, 0.1) is 21.2 Å². The zero-order valence-electron chi connectivity index (χ0n) is 16.4. The summed E-state index contributed by atoms with van der Waals surface area (Å²) in [7, 11) is 0. The lowest BCUT2D eigenvalue weighted by atomic mass is 10.1. The van der Waals surface area contributed by atoms with E-state index in [4.69, 9.17) is 16.3 Å². The van der Waals surface area contributed by atoms with E-state index in [9.17, 15) is 23.3 Å². The van der Waals surface area contributed by atoms with Crippen molar-refractivity contribution < 1.29 is 22.8 Å². The predicted octanol–water partition coefficient (Wildman–Crippen LogP) is 7.43. The van der Waals surface area contributed by atoms with E-state index < -0.39 is 22.4 Å². The van der Waals surface area contributed by atoms with Gasteiger partial charge in [0.2, 0.25) is 5.75 Å². The van der Waals surface area contributed by atoms with Crippen LogP contribution in [0.15, 0.2) is 59.6 Å². The summed E-state index contributed by atoms with van der Waals surface area (Å²) in [5, 5.41) is 11.3. The Kier molecular flexibility index (Phi) is 6.31. The minimum Gasteiger partial charge on any atom is -0.449 e. The number of halogens is 4. The fraction of sp³-hybridized carbons (Fsp3) is 0.136. The molecular formula is C22H16ClF3N2O3. The van der Waals surface area contributed by atoms with E-state index in [-0.39, 0.29) is 16.5 Å². The molecule has 0 aliphatic rings. The molecule has 0 spiro atoms. The largest absolute Gasteiger partial charge is 0.449 e. The highest BCUT2D eigenvalue weighted by atomic mass is 35.5. The van der Waals surface area contributed by atoms with Crippen LogP contribution in [0.3, 0.4) is 0 Å². The maximum absolute atomic E-state index is 12.8. The van der Waals surface area contributed by atoms with Gasteiger partial charge in [-0.2, -0.15) is 13.2 Å². The van der Waals surface area contributed by atoms with Gasteiger partial charge in [0.1, 0.15) is 5.75 Å². The molecule has 3 aromatic carbocycles. The van der Waals surface area contributed by atoms with Gasteiger partial charge in [-0.3, -0.25) is 15.1 Å². The fourth-order valence-electron chi connectivity index (χ4n) is 2.68. The first-order chi connectivity index (χ1) is 14.5. The van der Waals surface area contributed by atoms with Crippen molar-refractivity contribution in [2.75, 3.05) is 0 Å². The summed E-state index contributed by atoms with van der Waals surface area (Å²) >= 11 is 6.21. The molecular weight excluding hydrogens is 433 g/mol. The van der Waals surface area contributed by atoms with Crippen molar-refractivity contribution in [3.05, 3.63) is 92.0 Å². The first-order valence-electron chi connectivity index (χ1n) is 8.99. The first kappa shape index (κ1) is 22.3. The molecule has 0 saturated heterocycles. The molecule has 3 aromatic rings. The SMILES string of the molecule is Cc1ccc(N=Cc2ccc(Oc3ccc(C(F)(F)F)cc3[N+](=O)[O-])c(Cl)c2)cc1C. The summed E-state index contributed by atoms with van der Waals surface area (Å²) in [5.74, 6) is -0.288. The number of hydrogen-bond donors (Lipinski definition) is 0. The summed E-state index contributed by atoms with van der Waals surface area (Å²) in [4.78, 5) is 14.6. The number of benzene rings is 3. The minimum atomic E-state index is -4.71. The molecule has 0 bridgehead atoms. The van der Waals surface area contributed by atoms with E-state index in [0.717, 1.165) is 22.9 Å². The summed E-state index contributed by atoms with van der Waals surface area (Å²) < 4.78 is 43.9. The summed E-state index contributed by atoms with van der Waals surface area (Å²) in [6.45, 7) is 3.99. The van der Waals surface area contributed by atoms with E-state index in [1.54, 1.807) is 12.3 Å². The lowest BCUT2D eigenvalue weighted by Crippen LogP contribution is -2.06. The Bertz CT molecular complexity index is 1180. The molecule has 0 fully saturated rings. The molecule has 160 valence electrons. The molecule has 0 aliphatic heterocycles. The van der Waals surface area contributed by atoms with Crippen molar-refractivity contribution in [2.45, 2.75) is 20.0 Å². The second-order valence-electron chi connectivity index (χ2n) is 6.76. The highest BCUT2D eigenvalue weighted by Crippen LogP contribution is 2.39. The van der Waals surface area contributed by atoms with Gasteiger partial charge in [-0.25, -0.2) is 0 Å². The molecule has 0 heterocycles. The van der Waals surface area contributed by atoms with E-state index >= 15 is 0 Å². The Morgan fingerprint density at radius 1 is 1.00 bits per heavy atom. The monoisotopic (exact) mass is 448 g/mol. The standard InChI is InChI=1S/C22H16ClF3N2O3/c1-13-3-6-17(9-14(13)2)27-12-15-4-7-20(18(23)10-15)31-21-8-5-16(22(24,25)26)11-19(21)28(29)30/h3-12H,1-2H3. The quantitative estimate of drug-likeness (QED) is 0.231. The van der Waals surface area contributed by atoms with Gasteiger partial charge in [0.25, 0.3) is 0 Å². The van der Waals surface area contributed by atoms with Gasteiger partial charge >= 0.3 is 11.9 Å². The van der Waals surface area contributed by atoms with Crippen LogP contribution in [0.5, 0.6) is 11.5 Å². The number of ether oxygens (including phenoxy) is 1. The van der Waals surface area contributed by atoms with Crippen molar-refractivity contribution >= 4 is 29.2 Å². The zero-order chi connectivity index (χ0) is 22.8. The van der Waals surface area contributed by atoms with E-state index in [1.165, 1.54) is 12.1 Å². The van der Waals surface area contributed by atoms with Crippen molar-refractivity contribution in [3.8, 4) is 11.5 Å². The Hall–Kier alpha value is -3.39. The van der Waals surface area contributed by atoms with Crippen LogP contribution in [-0.2, 0) is 6.18 Å². The third kappa shape index (κ3) is 5.40. The van der Waals surface area contributed by atoms with Crippen LogP contribution in [0.25, 0.3) is 0 Å². The maximum atomic E-state index is 12.8. The van der Waals surface area contributed by atoms with Gasteiger partial charge in [-0.15, -0.1) is 0 Å². The number of nitro groups is 1. The fourth-order valence-corrected chi connectivity index (χ4v) is 2.90. The number of nitrogens with zero attached hydrogens (tertiary/aromatic N) is 2. The topological polar surface area (TPSA) is 64.7 Å². The Morgan fingerprint density at radius 3 is 2.32 bits per heavy atom. The Labute approximate surface area is 180 Å². The van der Waals surface area contributed by atoms with Gasteiger partial charge in [-0.05, 0) is 73.0 Å². The first-order valence-corrected chi connectivity index (χ1v) is 9.37. The number of rotatable bonds is 5. The molecule has 31 heavy (non-hydrogen) atoms. The summed E-state index contributed by atoms with van der Waals surface area (Å²) in [6.07, 6.45) is -3.11. The number of aryl methyl sites for hydroxylation is 2. The van der Waals surface area contributed by atoms with Gasteiger partial charge in [0.15, 0.2) is 0 Å². The molecule has 0 amide bonds. The minimum absolute atomic E-state index is 0.0628. The number of aliphatic imine (C=N–C) groups is 1. The van der Waals surface area contributed by atoms with Crippen molar-refractivity contribution in [1.29, 1.82) is 0 Å². The predicted molar refractivity (Wildman–Crippen MR) is 113 cm³/mol. The molecule has 0 aromatic heterocycles. The molecule has 0 atom stereocenters. The lowest BCUT2D eigenvalue weighted by Gasteiger charge is -2.11. The van der Waals surface area contributed by atoms with Gasteiger partial charge < -0.3 is 4.74 Å². The second kappa shape index (κ2) is 8.77. The van der Waals surface area contributed by atoms with E-state index in [1.807, 2.05) is 32.0 Å². The summed E-state index contributed by atoms with van der Waals surface area (Å²) in [6, 6.07) is 12.4. The third-order valence-corrected chi connectivity index (χ3v) is 4.81. The van der Waals surface area contributed by atoms with E-state index in [0.29, 0.717) is 17.7 Å². The van der Waals surface area contributed by atoms with Crippen LogP contribution in [0.2, 0.25) is 5.02 Å². The molecule has 0 aliphatic carbocycles. The Balaban J connectivity index is 1.84. The Morgan fingerprint density at radius 2 is 1.71 bits per heavy atom. The van der Waals surface area contributed by atoms with Crippen molar-refractivity contribution in [1.82, 2.24) is 0 Å². The lowest BCUT2D eigenvalue weighted by molar-refractivity contribution is -0.385. The van der Waals surface area contributed by atoms with Crippen LogP contribution in [-0.4, -0.2) is 11.1 Å². The number of alkyl halides is 3. The summed E-state index contributed by atoms with van der Waals surface area (Å²) in [5.41, 5.74) is 1.72. The third-order valence-electron chi connectivity index (χ3n) is 4.51. The average Bonchev–Trinajstić information content (AvgIpc) is 2.70. The zero-order valence-corrected chi connectivity index (χ0v) is 17.2. The number of nitro benzene ring substituents is 1. The highest BCUT2D eigenvalue weighted by Gasteiger charge is 2.33. The normalized spacial score (nSPS) is 11.7. The molecule has 9 heteroatoms. The van der Waals surface area contributed by atoms with Crippen LogP contribution in [0, 0.1) is 24.0 Å².